The van der Waals surface area contributed by atoms with E-state index >= 15 is 0 Å². The predicted molar refractivity (Wildman–Crippen MR) is 55.9 cm³/mol. The highest BCUT2D eigenvalue weighted by atomic mass is 16.4. The molecule has 2 unspecified atom stereocenters. The standard InChI is InChI=1S/C6H9NO2.C4H6O2/c7-6(9)4-2-1-3-5(6)8;1-3(2)4(5)6/h1-5,8-9H,7H2;1H2,2H3,(H,5,6). The molecule has 0 saturated carbocycles. The second kappa shape index (κ2) is 5.45. The molecule has 1 aliphatic rings. The van der Waals surface area contributed by atoms with Gasteiger partial charge in [-0.2, -0.15) is 0 Å². The molecule has 5 nitrogen and oxygen atoms in total. The Morgan fingerprint density at radius 1 is 1.53 bits per heavy atom. The Morgan fingerprint density at radius 2 is 2.00 bits per heavy atom. The monoisotopic (exact) mass is 213 g/mol. The van der Waals surface area contributed by atoms with Crippen LogP contribution in [0.15, 0.2) is 36.5 Å². The first-order chi connectivity index (χ1) is 6.77. The number of carboxylic acid groups (broad SMARTS) is 1. The van der Waals surface area contributed by atoms with E-state index in [1.165, 1.54) is 19.1 Å². The van der Waals surface area contributed by atoms with Crippen LogP contribution < -0.4 is 5.73 Å². The lowest BCUT2D eigenvalue weighted by atomic mass is 10.0. The van der Waals surface area contributed by atoms with Crippen LogP contribution in [0.5, 0.6) is 0 Å². The van der Waals surface area contributed by atoms with Crippen molar-refractivity contribution in [1.29, 1.82) is 0 Å². The molecule has 0 radical (unpaired) electrons. The second-order valence-corrected chi connectivity index (χ2v) is 3.16. The molecule has 0 aromatic rings. The zero-order valence-electron chi connectivity index (χ0n) is 8.42. The highest BCUT2D eigenvalue weighted by Gasteiger charge is 2.26. The van der Waals surface area contributed by atoms with E-state index in [1.807, 2.05) is 0 Å². The van der Waals surface area contributed by atoms with Crippen molar-refractivity contribution in [1.82, 2.24) is 0 Å². The van der Waals surface area contributed by atoms with Gasteiger partial charge >= 0.3 is 5.97 Å². The smallest absolute Gasteiger partial charge is 0.330 e. The molecule has 2 atom stereocenters. The Kier molecular flexibility index (Phi) is 4.93. The summed E-state index contributed by atoms with van der Waals surface area (Å²) >= 11 is 0. The fourth-order valence-electron chi connectivity index (χ4n) is 0.632. The first-order valence-electron chi connectivity index (χ1n) is 4.21. The Hall–Kier alpha value is -1.43. The van der Waals surface area contributed by atoms with Gasteiger partial charge in [0.25, 0.3) is 0 Å². The lowest BCUT2D eigenvalue weighted by molar-refractivity contribution is -0.132. The molecule has 0 heterocycles. The number of hydrogen-bond donors (Lipinski definition) is 4. The summed E-state index contributed by atoms with van der Waals surface area (Å²) in [5.74, 6) is -0.935. The Morgan fingerprint density at radius 3 is 2.20 bits per heavy atom. The summed E-state index contributed by atoms with van der Waals surface area (Å²) in [6.45, 7) is 4.60. The minimum absolute atomic E-state index is 0.176. The third kappa shape index (κ3) is 5.11. The number of hydrogen-bond acceptors (Lipinski definition) is 4. The van der Waals surface area contributed by atoms with Crippen molar-refractivity contribution in [3.63, 3.8) is 0 Å². The highest BCUT2D eigenvalue weighted by Crippen LogP contribution is 2.10. The van der Waals surface area contributed by atoms with Crippen molar-refractivity contribution in [2.45, 2.75) is 18.8 Å². The molecule has 0 bridgehead atoms. The Labute approximate surface area is 87.8 Å². The van der Waals surface area contributed by atoms with Crippen LogP contribution >= 0.6 is 0 Å². The highest BCUT2D eigenvalue weighted by molar-refractivity contribution is 5.84. The van der Waals surface area contributed by atoms with Crippen LogP contribution in [0.3, 0.4) is 0 Å². The maximum atomic E-state index is 9.60. The first-order valence-corrected chi connectivity index (χ1v) is 4.21. The molecule has 15 heavy (non-hydrogen) atoms. The maximum Gasteiger partial charge on any atom is 0.330 e. The van der Waals surface area contributed by atoms with E-state index in [0.717, 1.165) is 0 Å². The molecule has 5 heteroatoms. The molecule has 0 amide bonds. The third-order valence-corrected chi connectivity index (χ3v) is 1.61. The van der Waals surface area contributed by atoms with E-state index in [9.17, 15) is 4.79 Å². The largest absolute Gasteiger partial charge is 0.478 e. The van der Waals surface area contributed by atoms with Crippen molar-refractivity contribution in [3.8, 4) is 0 Å². The number of rotatable bonds is 1. The van der Waals surface area contributed by atoms with E-state index in [0.29, 0.717) is 0 Å². The number of aliphatic hydroxyl groups is 2. The van der Waals surface area contributed by atoms with Gasteiger partial charge in [0.1, 0.15) is 6.10 Å². The van der Waals surface area contributed by atoms with Gasteiger partial charge in [0.15, 0.2) is 5.72 Å². The molecule has 1 rings (SSSR count). The van der Waals surface area contributed by atoms with Crippen molar-refractivity contribution < 1.29 is 20.1 Å². The van der Waals surface area contributed by atoms with E-state index in [4.69, 9.17) is 21.1 Å². The van der Waals surface area contributed by atoms with Crippen LogP contribution in [0.2, 0.25) is 0 Å². The Bertz CT molecular complexity index is 293. The van der Waals surface area contributed by atoms with Crippen molar-refractivity contribution in [2.75, 3.05) is 0 Å². The molecule has 0 spiro atoms. The maximum absolute atomic E-state index is 9.60. The third-order valence-electron chi connectivity index (χ3n) is 1.61. The van der Waals surface area contributed by atoms with Gasteiger partial charge in [-0.15, -0.1) is 0 Å². The lowest BCUT2D eigenvalue weighted by Crippen LogP contribution is -2.48. The topological polar surface area (TPSA) is 104 Å². The van der Waals surface area contributed by atoms with Crippen LogP contribution in [0, 0.1) is 0 Å². The van der Waals surface area contributed by atoms with Crippen LogP contribution in [-0.2, 0) is 4.79 Å². The average Bonchev–Trinajstić information content (AvgIpc) is 2.11. The van der Waals surface area contributed by atoms with Gasteiger partial charge in [-0.3, -0.25) is 5.73 Å². The fourth-order valence-corrected chi connectivity index (χ4v) is 0.632. The van der Waals surface area contributed by atoms with Crippen LogP contribution in [-0.4, -0.2) is 33.1 Å². The molecular formula is C10H15NO4. The molecule has 5 N–H and O–H groups in total. The molecule has 0 fully saturated rings. The van der Waals surface area contributed by atoms with Crippen molar-refractivity contribution in [3.05, 3.63) is 36.5 Å². The molecule has 0 aromatic carbocycles. The average molecular weight is 213 g/mol. The summed E-state index contributed by atoms with van der Waals surface area (Å²) in [6.07, 6.45) is 5.01. The van der Waals surface area contributed by atoms with E-state index in [1.54, 1.807) is 12.2 Å². The van der Waals surface area contributed by atoms with Crippen molar-refractivity contribution >= 4 is 5.97 Å². The number of aliphatic carboxylic acids is 1. The number of allylic oxidation sites excluding steroid dienone is 2. The first kappa shape index (κ1) is 13.6. The van der Waals surface area contributed by atoms with Gasteiger partial charge in [-0.25, -0.2) is 4.79 Å². The molecule has 0 aromatic heterocycles. The Balaban J connectivity index is 0.000000288. The predicted octanol–water partition coefficient (Wildman–Crippen LogP) is -0.232. The minimum Gasteiger partial charge on any atom is -0.478 e. The van der Waals surface area contributed by atoms with Gasteiger partial charge in [0.2, 0.25) is 0 Å². The molecule has 0 aliphatic heterocycles. The summed E-state index contributed by atoms with van der Waals surface area (Å²) in [5.41, 5.74) is 3.79. The second-order valence-electron chi connectivity index (χ2n) is 3.16. The quantitative estimate of drug-likeness (QED) is 0.356. The summed E-state index contributed by atoms with van der Waals surface area (Å²) in [5, 5.41) is 25.8. The van der Waals surface area contributed by atoms with Gasteiger partial charge in [0, 0.05) is 5.57 Å². The molecule has 1 aliphatic carbocycles. The van der Waals surface area contributed by atoms with Crippen LogP contribution in [0.1, 0.15) is 6.92 Å². The summed E-state index contributed by atoms with van der Waals surface area (Å²) in [6, 6.07) is 0. The SMILES string of the molecule is C=C(C)C(=O)O.NC1(O)C=CC=CC1O. The lowest BCUT2D eigenvalue weighted by Gasteiger charge is -2.24. The zero-order chi connectivity index (χ0) is 12.1. The minimum atomic E-state index is -1.57. The van der Waals surface area contributed by atoms with E-state index in [-0.39, 0.29) is 5.57 Å². The fraction of sp³-hybridized carbons (Fsp3) is 0.300. The zero-order valence-corrected chi connectivity index (χ0v) is 8.42. The number of aliphatic hydroxyl groups excluding tert-OH is 1. The number of carbonyl (C=O) groups is 1. The van der Waals surface area contributed by atoms with Gasteiger partial charge < -0.3 is 15.3 Å². The molecule has 0 saturated heterocycles. The van der Waals surface area contributed by atoms with E-state index in [2.05, 4.69) is 6.58 Å². The summed E-state index contributed by atoms with van der Waals surface area (Å²) in [7, 11) is 0. The van der Waals surface area contributed by atoms with Gasteiger partial charge in [-0.05, 0) is 13.0 Å². The number of nitrogens with two attached hydrogens (primary N) is 1. The summed E-state index contributed by atoms with van der Waals surface area (Å²) in [4.78, 5) is 9.60. The molecule has 84 valence electrons. The van der Waals surface area contributed by atoms with E-state index < -0.39 is 17.8 Å². The normalized spacial score (nSPS) is 27.9. The van der Waals surface area contributed by atoms with Crippen LogP contribution in [0.25, 0.3) is 0 Å². The molecular weight excluding hydrogens is 198 g/mol. The van der Waals surface area contributed by atoms with Gasteiger partial charge in [-0.1, -0.05) is 24.8 Å². The van der Waals surface area contributed by atoms with Gasteiger partial charge in [0.05, 0.1) is 0 Å². The van der Waals surface area contributed by atoms with Crippen molar-refractivity contribution in [2.24, 2.45) is 5.73 Å². The van der Waals surface area contributed by atoms with Crippen LogP contribution in [0.4, 0.5) is 0 Å². The summed E-state index contributed by atoms with van der Waals surface area (Å²) < 4.78 is 0. The number of carboxylic acids is 1.